The molecule has 0 aliphatic rings. The van der Waals surface area contributed by atoms with E-state index >= 15 is 0 Å². The second-order valence-corrected chi connectivity index (χ2v) is 6.84. The Balaban J connectivity index is 1.68. The van der Waals surface area contributed by atoms with Crippen LogP contribution < -0.4 is 5.32 Å². The number of benzene rings is 2. The molecule has 0 aliphatic heterocycles. The van der Waals surface area contributed by atoms with Gasteiger partial charge in [0.05, 0.1) is 0 Å². The summed E-state index contributed by atoms with van der Waals surface area (Å²) in [6.07, 6.45) is 1.27. The number of aryl methyl sites for hydroxylation is 2. The van der Waals surface area contributed by atoms with Gasteiger partial charge in [0.2, 0.25) is 12.3 Å². The van der Waals surface area contributed by atoms with E-state index in [1.54, 1.807) is 6.07 Å². The van der Waals surface area contributed by atoms with E-state index in [0.717, 1.165) is 26.5 Å². The molecule has 0 radical (unpaired) electrons. The van der Waals surface area contributed by atoms with E-state index in [4.69, 9.17) is 8.83 Å². The van der Waals surface area contributed by atoms with Gasteiger partial charge in [-0.05, 0) is 49.7 Å². The molecule has 2 aromatic heterocycles. The topological polar surface area (TPSA) is 81.2 Å². The number of hydrogen-bond acceptors (Lipinski definition) is 5. The number of amides is 1. The summed E-state index contributed by atoms with van der Waals surface area (Å²) in [5.41, 5.74) is 3.77. The average molecular weight is 412 g/mol. The number of carbonyl (C=O) groups is 1. The second kappa shape index (κ2) is 6.42. The molecule has 0 fully saturated rings. The van der Waals surface area contributed by atoms with Gasteiger partial charge in [0.1, 0.15) is 5.58 Å². The molecule has 0 aliphatic carbocycles. The number of nitrogens with one attached hydrogen (secondary N) is 1. The zero-order valence-corrected chi connectivity index (χ0v) is 15.6. The summed E-state index contributed by atoms with van der Waals surface area (Å²) in [5, 5.41) is 11.4. The average Bonchev–Trinajstić information content (AvgIpc) is 3.26. The Labute approximate surface area is 157 Å². The fourth-order valence-corrected chi connectivity index (χ4v) is 3.14. The number of hydrogen-bond donors (Lipinski definition) is 1. The maximum absolute atomic E-state index is 12.8. The van der Waals surface area contributed by atoms with E-state index in [1.807, 2.05) is 44.2 Å². The summed E-state index contributed by atoms with van der Waals surface area (Å²) < 4.78 is 11.9. The van der Waals surface area contributed by atoms with Crippen molar-refractivity contribution in [3.05, 3.63) is 64.2 Å². The zero-order chi connectivity index (χ0) is 18.3. The highest BCUT2D eigenvalue weighted by Gasteiger charge is 2.19. The van der Waals surface area contributed by atoms with Crippen molar-refractivity contribution in [2.75, 3.05) is 5.32 Å². The lowest BCUT2D eigenvalue weighted by atomic mass is 10.1. The number of halogens is 1. The number of rotatable bonds is 3. The molecule has 0 unspecified atom stereocenters. The first-order chi connectivity index (χ1) is 12.5. The van der Waals surface area contributed by atoms with Crippen LogP contribution in [0.5, 0.6) is 0 Å². The third-order valence-corrected chi connectivity index (χ3v) is 4.69. The molecule has 1 amide bonds. The lowest BCUT2D eigenvalue weighted by Crippen LogP contribution is -2.13. The van der Waals surface area contributed by atoms with Crippen molar-refractivity contribution in [2.24, 2.45) is 0 Å². The third-order valence-electron chi connectivity index (χ3n) is 4.20. The van der Waals surface area contributed by atoms with Crippen molar-refractivity contribution in [2.45, 2.75) is 13.8 Å². The van der Waals surface area contributed by atoms with Crippen molar-refractivity contribution < 1.29 is 13.6 Å². The van der Waals surface area contributed by atoms with Gasteiger partial charge in [-0.3, -0.25) is 4.79 Å². The largest absolute Gasteiger partial charge is 0.451 e. The van der Waals surface area contributed by atoms with Crippen LogP contribution in [0.1, 0.15) is 21.7 Å². The van der Waals surface area contributed by atoms with Gasteiger partial charge in [-0.15, -0.1) is 10.2 Å². The number of aromatic nitrogens is 2. The van der Waals surface area contributed by atoms with E-state index in [1.165, 1.54) is 6.39 Å². The summed E-state index contributed by atoms with van der Waals surface area (Å²) in [6.45, 7) is 3.78. The fraction of sp³-hybridized carbons (Fsp3) is 0.105. The van der Waals surface area contributed by atoms with Gasteiger partial charge in [0, 0.05) is 26.7 Å². The smallest absolute Gasteiger partial charge is 0.291 e. The molecule has 4 aromatic rings. The molecule has 1 N–H and O–H groups in total. The van der Waals surface area contributed by atoms with Crippen molar-refractivity contribution in [1.29, 1.82) is 0 Å². The first-order valence-corrected chi connectivity index (χ1v) is 8.69. The van der Waals surface area contributed by atoms with Gasteiger partial charge in [-0.2, -0.15) is 0 Å². The number of fused-ring (bicyclic) bond motifs is 1. The van der Waals surface area contributed by atoms with Crippen LogP contribution in [-0.4, -0.2) is 16.1 Å². The van der Waals surface area contributed by atoms with Crippen LogP contribution in [0.2, 0.25) is 0 Å². The van der Waals surface area contributed by atoms with Crippen LogP contribution >= 0.6 is 15.9 Å². The van der Waals surface area contributed by atoms with Gasteiger partial charge in [0.25, 0.3) is 5.91 Å². The van der Waals surface area contributed by atoms with Crippen molar-refractivity contribution >= 4 is 38.5 Å². The van der Waals surface area contributed by atoms with Gasteiger partial charge in [0.15, 0.2) is 5.76 Å². The summed E-state index contributed by atoms with van der Waals surface area (Å²) >= 11 is 3.44. The van der Waals surface area contributed by atoms with Gasteiger partial charge >= 0.3 is 0 Å². The van der Waals surface area contributed by atoms with E-state index in [0.29, 0.717) is 22.9 Å². The molecule has 2 heterocycles. The van der Waals surface area contributed by atoms with Crippen molar-refractivity contribution in [1.82, 2.24) is 10.2 Å². The Morgan fingerprint density at radius 1 is 1.15 bits per heavy atom. The molecule has 0 atom stereocenters. The van der Waals surface area contributed by atoms with Gasteiger partial charge < -0.3 is 14.2 Å². The highest BCUT2D eigenvalue weighted by molar-refractivity contribution is 9.10. The number of furan rings is 1. The maximum Gasteiger partial charge on any atom is 0.291 e. The Hall–Kier alpha value is -2.93. The van der Waals surface area contributed by atoms with Crippen LogP contribution in [0.3, 0.4) is 0 Å². The van der Waals surface area contributed by atoms with Crippen LogP contribution in [0.25, 0.3) is 22.4 Å². The van der Waals surface area contributed by atoms with Crippen molar-refractivity contribution in [3.63, 3.8) is 0 Å². The first kappa shape index (κ1) is 16.5. The predicted molar refractivity (Wildman–Crippen MR) is 101 cm³/mol. The minimum absolute atomic E-state index is 0.292. The van der Waals surface area contributed by atoms with E-state index in [-0.39, 0.29) is 5.91 Å². The summed E-state index contributed by atoms with van der Waals surface area (Å²) in [6, 6.07) is 11.2. The zero-order valence-electron chi connectivity index (χ0n) is 14.0. The Morgan fingerprint density at radius 3 is 2.77 bits per heavy atom. The van der Waals surface area contributed by atoms with E-state index < -0.39 is 0 Å². The predicted octanol–water partition coefficient (Wildman–Crippen LogP) is 5.11. The van der Waals surface area contributed by atoms with Crippen LogP contribution in [0, 0.1) is 13.8 Å². The monoisotopic (exact) mass is 411 g/mol. The molecule has 7 heteroatoms. The lowest BCUT2D eigenvalue weighted by molar-refractivity contribution is 0.0998. The van der Waals surface area contributed by atoms with Crippen LogP contribution in [-0.2, 0) is 0 Å². The number of nitrogens with zero attached hydrogens (tertiary/aromatic N) is 2. The minimum Gasteiger partial charge on any atom is -0.451 e. The number of anilines is 1. The Bertz CT molecular complexity index is 1120. The Kier molecular flexibility index (Phi) is 4.08. The minimum atomic E-state index is -0.305. The molecule has 4 rings (SSSR count). The normalized spacial score (nSPS) is 11.0. The SMILES string of the molecule is Cc1ccc(-c2nnco2)cc1NC(=O)c1oc2ccc(Br)cc2c1C. The summed E-state index contributed by atoms with van der Waals surface area (Å²) in [5.74, 6) is 0.381. The standard InChI is InChI=1S/C19H14BrN3O3/c1-10-3-4-12(19-23-21-9-25-19)7-15(10)22-18(24)17-11(2)14-8-13(20)5-6-16(14)26-17/h3-9H,1-2H3,(H,22,24). The van der Waals surface area contributed by atoms with E-state index in [2.05, 4.69) is 31.4 Å². The Morgan fingerprint density at radius 2 is 2.00 bits per heavy atom. The summed E-state index contributed by atoms with van der Waals surface area (Å²) in [7, 11) is 0. The molecule has 0 spiro atoms. The molecule has 6 nitrogen and oxygen atoms in total. The fourth-order valence-electron chi connectivity index (χ4n) is 2.78. The molecule has 130 valence electrons. The lowest BCUT2D eigenvalue weighted by Gasteiger charge is -2.08. The molecular formula is C19H14BrN3O3. The molecule has 0 saturated carbocycles. The molecular weight excluding hydrogens is 398 g/mol. The molecule has 26 heavy (non-hydrogen) atoms. The van der Waals surface area contributed by atoms with Crippen LogP contribution in [0.15, 0.2) is 56.1 Å². The number of carbonyl (C=O) groups excluding carboxylic acids is 1. The molecule has 0 bridgehead atoms. The summed E-state index contributed by atoms with van der Waals surface area (Å²) in [4.78, 5) is 12.8. The highest BCUT2D eigenvalue weighted by Crippen LogP contribution is 2.29. The first-order valence-electron chi connectivity index (χ1n) is 7.90. The maximum atomic E-state index is 12.8. The van der Waals surface area contributed by atoms with Gasteiger partial charge in [-0.25, -0.2) is 0 Å². The highest BCUT2D eigenvalue weighted by atomic mass is 79.9. The quantitative estimate of drug-likeness (QED) is 0.506. The molecule has 0 saturated heterocycles. The molecule has 2 aromatic carbocycles. The second-order valence-electron chi connectivity index (χ2n) is 5.92. The van der Waals surface area contributed by atoms with Crippen molar-refractivity contribution in [3.8, 4) is 11.5 Å². The van der Waals surface area contributed by atoms with Crippen LogP contribution in [0.4, 0.5) is 5.69 Å². The third kappa shape index (κ3) is 2.90. The van der Waals surface area contributed by atoms with Gasteiger partial charge in [-0.1, -0.05) is 22.0 Å². The van der Waals surface area contributed by atoms with E-state index in [9.17, 15) is 4.79 Å².